The SMILES string of the molecule is CN(C)CC(N)c1cc(F)cc(-c2nccc3[nH]c(-c4n[nH]c5cnc(-c6cncc(OCc7ccccc7)c6)cc45)cc23)c1. The summed E-state index contributed by atoms with van der Waals surface area (Å²) in [6.45, 7) is 1.04. The van der Waals surface area contributed by atoms with Crippen molar-refractivity contribution < 1.29 is 9.13 Å². The molecule has 0 aliphatic heterocycles. The first kappa shape index (κ1) is 28.3. The number of hydrogen-bond acceptors (Lipinski definition) is 7. The van der Waals surface area contributed by atoms with Crippen LogP contribution in [-0.4, -0.2) is 55.7 Å². The lowest BCUT2D eigenvalue weighted by molar-refractivity contribution is 0.305. The van der Waals surface area contributed by atoms with E-state index in [9.17, 15) is 4.39 Å². The van der Waals surface area contributed by atoms with Crippen molar-refractivity contribution in [1.82, 2.24) is 35.0 Å². The Balaban J connectivity index is 1.22. The van der Waals surface area contributed by atoms with Gasteiger partial charge in [-0.1, -0.05) is 30.3 Å². The number of ether oxygens (including phenoxy) is 1. The lowest BCUT2D eigenvalue weighted by Crippen LogP contribution is -2.26. The Bertz CT molecular complexity index is 2120. The molecule has 0 saturated heterocycles. The normalized spacial score (nSPS) is 12.3. The predicted octanol–water partition coefficient (Wildman–Crippen LogP) is 6.51. The van der Waals surface area contributed by atoms with Gasteiger partial charge in [-0.15, -0.1) is 0 Å². The van der Waals surface area contributed by atoms with Crippen LogP contribution in [0.4, 0.5) is 4.39 Å². The van der Waals surface area contributed by atoms with Crippen molar-refractivity contribution in [2.45, 2.75) is 12.6 Å². The standard InChI is InChI=1S/C35H31FN8O/c1-44(2)19-29(37)22-10-23(12-25(36)11-22)34-27-15-32(41-30(27)8-9-39-34)35-28-14-31(40-18-33(28)42-43-35)24-13-26(17-38-16-24)45-20-21-6-4-3-5-7-21/h3-18,29,41H,19-20,37H2,1-2H3,(H,42,43). The van der Waals surface area contributed by atoms with Crippen LogP contribution in [0.5, 0.6) is 5.75 Å². The summed E-state index contributed by atoms with van der Waals surface area (Å²) in [7, 11) is 3.88. The van der Waals surface area contributed by atoms with Gasteiger partial charge in [0.2, 0.25) is 0 Å². The van der Waals surface area contributed by atoms with E-state index in [0.717, 1.165) is 55.6 Å². The largest absolute Gasteiger partial charge is 0.487 e. The minimum atomic E-state index is -0.353. The molecule has 7 aromatic rings. The molecule has 0 aliphatic rings. The quantitative estimate of drug-likeness (QED) is 0.173. The van der Waals surface area contributed by atoms with Crippen LogP contribution >= 0.6 is 0 Å². The molecule has 5 aromatic heterocycles. The summed E-state index contributed by atoms with van der Waals surface area (Å²) in [6, 6.07) is 22.4. The van der Waals surface area contributed by atoms with E-state index in [1.54, 1.807) is 24.8 Å². The highest BCUT2D eigenvalue weighted by Crippen LogP contribution is 2.35. The Morgan fingerprint density at radius 2 is 1.71 bits per heavy atom. The molecule has 0 amide bonds. The number of H-pyrrole nitrogens is 2. The maximum atomic E-state index is 14.8. The van der Waals surface area contributed by atoms with Gasteiger partial charge in [0.1, 0.15) is 23.9 Å². The fraction of sp³-hybridized carbons (Fsp3) is 0.143. The molecule has 0 bridgehead atoms. The van der Waals surface area contributed by atoms with E-state index in [4.69, 9.17) is 10.5 Å². The number of hydrogen-bond donors (Lipinski definition) is 3. The highest BCUT2D eigenvalue weighted by Gasteiger charge is 2.17. The fourth-order valence-corrected chi connectivity index (χ4v) is 5.53. The number of likely N-dealkylation sites (N-methyl/N-ethyl adjacent to an activating group) is 1. The van der Waals surface area contributed by atoms with Gasteiger partial charge in [-0.05, 0) is 67.7 Å². The number of nitrogens with zero attached hydrogens (tertiary/aromatic N) is 5. The fourth-order valence-electron chi connectivity index (χ4n) is 5.53. The molecule has 0 radical (unpaired) electrons. The minimum Gasteiger partial charge on any atom is -0.487 e. The zero-order chi connectivity index (χ0) is 30.9. The summed E-state index contributed by atoms with van der Waals surface area (Å²) < 4.78 is 20.8. The zero-order valence-corrected chi connectivity index (χ0v) is 24.8. The Kier molecular flexibility index (Phi) is 7.50. The number of rotatable bonds is 9. The third-order valence-corrected chi connectivity index (χ3v) is 7.69. The summed E-state index contributed by atoms with van der Waals surface area (Å²) in [5.41, 5.74) is 14.2. The number of fused-ring (bicyclic) bond motifs is 2. The van der Waals surface area contributed by atoms with Crippen LogP contribution in [0.3, 0.4) is 0 Å². The van der Waals surface area contributed by atoms with Gasteiger partial charge in [-0.3, -0.25) is 20.1 Å². The highest BCUT2D eigenvalue weighted by molar-refractivity contribution is 6.00. The van der Waals surface area contributed by atoms with Crippen molar-refractivity contribution in [3.63, 3.8) is 0 Å². The van der Waals surface area contributed by atoms with Crippen LogP contribution in [0, 0.1) is 5.82 Å². The summed E-state index contributed by atoms with van der Waals surface area (Å²) in [6.07, 6.45) is 6.94. The summed E-state index contributed by atoms with van der Waals surface area (Å²) in [5, 5.41) is 9.45. The Hall–Kier alpha value is -5.45. The van der Waals surface area contributed by atoms with Crippen molar-refractivity contribution in [1.29, 1.82) is 0 Å². The second-order valence-electron chi connectivity index (χ2n) is 11.3. The molecule has 4 N–H and O–H groups in total. The molecule has 0 saturated carbocycles. The Morgan fingerprint density at radius 3 is 2.56 bits per heavy atom. The molecule has 0 aliphatic carbocycles. The monoisotopic (exact) mass is 598 g/mol. The van der Waals surface area contributed by atoms with Crippen LogP contribution in [0.25, 0.3) is 55.7 Å². The number of nitrogens with two attached hydrogens (primary N) is 1. The molecule has 45 heavy (non-hydrogen) atoms. The maximum Gasteiger partial charge on any atom is 0.138 e. The van der Waals surface area contributed by atoms with Gasteiger partial charge < -0.3 is 20.4 Å². The van der Waals surface area contributed by atoms with Gasteiger partial charge in [0, 0.05) is 52.4 Å². The number of pyridine rings is 3. The second-order valence-corrected chi connectivity index (χ2v) is 11.3. The summed E-state index contributed by atoms with van der Waals surface area (Å²) in [4.78, 5) is 19.1. The van der Waals surface area contributed by atoms with Gasteiger partial charge in [-0.2, -0.15) is 5.10 Å². The molecule has 2 aromatic carbocycles. The Labute approximate surface area is 258 Å². The van der Waals surface area contributed by atoms with Gasteiger partial charge in [0.15, 0.2) is 0 Å². The third-order valence-electron chi connectivity index (χ3n) is 7.69. The third kappa shape index (κ3) is 5.88. The lowest BCUT2D eigenvalue weighted by Gasteiger charge is -2.18. The van der Waals surface area contributed by atoms with E-state index in [2.05, 4.69) is 30.1 Å². The zero-order valence-electron chi connectivity index (χ0n) is 24.8. The van der Waals surface area contributed by atoms with Crippen LogP contribution in [-0.2, 0) is 6.61 Å². The van der Waals surface area contributed by atoms with Crippen molar-refractivity contribution >= 4 is 21.8 Å². The molecule has 1 atom stereocenters. The van der Waals surface area contributed by atoms with E-state index in [1.165, 1.54) is 12.1 Å². The molecule has 0 fully saturated rings. The molecule has 0 spiro atoms. The first-order valence-corrected chi connectivity index (χ1v) is 14.6. The van der Waals surface area contributed by atoms with Gasteiger partial charge in [-0.25, -0.2) is 4.39 Å². The minimum absolute atomic E-state index is 0.333. The van der Waals surface area contributed by atoms with Crippen molar-refractivity contribution in [3.05, 3.63) is 115 Å². The van der Waals surface area contributed by atoms with Crippen molar-refractivity contribution in [2.75, 3.05) is 20.6 Å². The number of aromatic amines is 2. The summed E-state index contributed by atoms with van der Waals surface area (Å²) in [5.74, 6) is 0.304. The summed E-state index contributed by atoms with van der Waals surface area (Å²) >= 11 is 0. The van der Waals surface area contributed by atoms with Gasteiger partial charge in [0.05, 0.1) is 35.0 Å². The molecule has 5 heterocycles. The molecule has 224 valence electrons. The molecular formula is C35H31FN8O. The van der Waals surface area contributed by atoms with Gasteiger partial charge in [0.25, 0.3) is 0 Å². The predicted molar refractivity (Wildman–Crippen MR) is 174 cm³/mol. The van der Waals surface area contributed by atoms with Crippen LogP contribution in [0.1, 0.15) is 17.2 Å². The number of benzene rings is 2. The number of nitrogens with one attached hydrogen (secondary N) is 2. The topological polar surface area (TPSA) is 122 Å². The number of aromatic nitrogens is 6. The molecule has 1 unspecified atom stereocenters. The molecule has 9 nitrogen and oxygen atoms in total. The van der Waals surface area contributed by atoms with E-state index >= 15 is 0 Å². The van der Waals surface area contributed by atoms with Crippen molar-refractivity contribution in [3.8, 4) is 39.7 Å². The second kappa shape index (κ2) is 11.9. The average molecular weight is 599 g/mol. The first-order valence-electron chi connectivity index (χ1n) is 14.6. The van der Waals surface area contributed by atoms with Crippen LogP contribution < -0.4 is 10.5 Å². The van der Waals surface area contributed by atoms with E-state index in [1.807, 2.05) is 79.7 Å². The Morgan fingerprint density at radius 1 is 0.867 bits per heavy atom. The highest BCUT2D eigenvalue weighted by atomic mass is 19.1. The number of halogens is 1. The van der Waals surface area contributed by atoms with E-state index < -0.39 is 0 Å². The molecule has 7 rings (SSSR count). The van der Waals surface area contributed by atoms with Gasteiger partial charge >= 0.3 is 0 Å². The average Bonchev–Trinajstić information content (AvgIpc) is 3.68. The smallest absolute Gasteiger partial charge is 0.138 e. The molecule has 10 heteroatoms. The first-order chi connectivity index (χ1) is 21.9. The van der Waals surface area contributed by atoms with Crippen molar-refractivity contribution in [2.24, 2.45) is 5.73 Å². The van der Waals surface area contributed by atoms with Crippen LogP contribution in [0.15, 0.2) is 97.6 Å². The van der Waals surface area contributed by atoms with E-state index in [0.29, 0.717) is 30.2 Å². The van der Waals surface area contributed by atoms with Crippen LogP contribution in [0.2, 0.25) is 0 Å². The van der Waals surface area contributed by atoms with E-state index in [-0.39, 0.29) is 11.9 Å². The molecular weight excluding hydrogens is 567 g/mol. The maximum absolute atomic E-state index is 14.8. The lowest BCUT2D eigenvalue weighted by atomic mass is 10.0.